The van der Waals surface area contributed by atoms with E-state index >= 15 is 0 Å². The topological polar surface area (TPSA) is 38.4 Å². The number of aliphatic imine (C=N–C) groups is 1. The van der Waals surface area contributed by atoms with Gasteiger partial charge in [0.15, 0.2) is 0 Å². The quantitative estimate of drug-likeness (QED) is 0.576. The molecular weight excluding hydrogens is 172 g/mol. The number of hydrogen-bond donors (Lipinski definition) is 1. The van der Waals surface area contributed by atoms with Crippen molar-refractivity contribution in [2.24, 2.45) is 16.6 Å². The Morgan fingerprint density at radius 3 is 2.29 bits per heavy atom. The molecule has 0 aliphatic rings. The smallest absolute Gasteiger partial charge is 0.125 e. The van der Waals surface area contributed by atoms with Crippen molar-refractivity contribution in [2.45, 2.75) is 20.3 Å². The van der Waals surface area contributed by atoms with Gasteiger partial charge in [0.1, 0.15) is 5.84 Å². The van der Waals surface area contributed by atoms with Gasteiger partial charge < -0.3 is 5.73 Å². The molecule has 0 aliphatic heterocycles. The lowest BCUT2D eigenvalue weighted by atomic mass is 10.0. The van der Waals surface area contributed by atoms with Gasteiger partial charge in [-0.25, -0.2) is 0 Å². The van der Waals surface area contributed by atoms with Crippen molar-refractivity contribution >= 4 is 5.84 Å². The molecule has 0 heterocycles. The average molecular weight is 190 g/mol. The lowest BCUT2D eigenvalue weighted by molar-refractivity contribution is 0.647. The third-order valence-electron chi connectivity index (χ3n) is 2.13. The van der Waals surface area contributed by atoms with Crippen LogP contribution in [0.15, 0.2) is 29.3 Å². The highest BCUT2D eigenvalue weighted by atomic mass is 14.8. The number of rotatable bonds is 3. The Balaban J connectivity index is 2.78. The summed E-state index contributed by atoms with van der Waals surface area (Å²) in [5.41, 5.74) is 8.05. The van der Waals surface area contributed by atoms with Crippen molar-refractivity contribution in [1.82, 2.24) is 0 Å². The lowest BCUT2D eigenvalue weighted by Crippen LogP contribution is -2.12. The number of benzene rings is 1. The monoisotopic (exact) mass is 190 g/mol. The van der Waals surface area contributed by atoms with E-state index in [0.717, 1.165) is 12.0 Å². The number of nitrogens with zero attached hydrogens (tertiary/aromatic N) is 1. The van der Waals surface area contributed by atoms with Crippen LogP contribution in [-0.2, 0) is 6.42 Å². The van der Waals surface area contributed by atoms with E-state index in [1.165, 1.54) is 5.56 Å². The maximum absolute atomic E-state index is 5.70. The second-order valence-corrected chi connectivity index (χ2v) is 3.90. The first-order valence-electron chi connectivity index (χ1n) is 4.95. The zero-order valence-electron chi connectivity index (χ0n) is 9.12. The molecule has 76 valence electrons. The minimum atomic E-state index is 0.598. The Bertz CT molecular complexity index is 310. The largest absolute Gasteiger partial charge is 0.384 e. The van der Waals surface area contributed by atoms with Gasteiger partial charge in [0, 0.05) is 12.6 Å². The van der Waals surface area contributed by atoms with Gasteiger partial charge in [0.25, 0.3) is 0 Å². The van der Waals surface area contributed by atoms with Crippen LogP contribution in [-0.4, -0.2) is 12.9 Å². The Labute approximate surface area is 85.9 Å². The summed E-state index contributed by atoms with van der Waals surface area (Å²) in [7, 11) is 1.71. The maximum atomic E-state index is 5.70. The van der Waals surface area contributed by atoms with E-state index in [0.29, 0.717) is 11.8 Å². The van der Waals surface area contributed by atoms with Gasteiger partial charge in [-0.05, 0) is 17.9 Å². The van der Waals surface area contributed by atoms with Crippen molar-refractivity contribution in [3.05, 3.63) is 35.4 Å². The zero-order chi connectivity index (χ0) is 10.6. The first-order valence-corrected chi connectivity index (χ1v) is 4.95. The predicted molar refractivity (Wildman–Crippen MR) is 61.6 cm³/mol. The molecule has 0 saturated heterocycles. The highest BCUT2D eigenvalue weighted by Gasteiger charge is 1.99. The molecule has 0 aliphatic carbocycles. The fraction of sp³-hybridized carbons (Fsp3) is 0.417. The van der Waals surface area contributed by atoms with Crippen LogP contribution in [0, 0.1) is 5.92 Å². The lowest BCUT2D eigenvalue weighted by Gasteiger charge is -2.05. The highest BCUT2D eigenvalue weighted by Crippen LogP contribution is 2.09. The third-order valence-corrected chi connectivity index (χ3v) is 2.13. The Morgan fingerprint density at radius 2 is 1.86 bits per heavy atom. The highest BCUT2D eigenvalue weighted by molar-refractivity contribution is 5.97. The summed E-state index contributed by atoms with van der Waals surface area (Å²) in [5.74, 6) is 1.29. The van der Waals surface area contributed by atoms with Gasteiger partial charge in [-0.15, -0.1) is 0 Å². The first-order chi connectivity index (χ1) is 6.63. The molecule has 0 fully saturated rings. The number of hydrogen-bond acceptors (Lipinski definition) is 1. The molecule has 0 spiro atoms. The van der Waals surface area contributed by atoms with Crippen LogP contribution in [0.4, 0.5) is 0 Å². The van der Waals surface area contributed by atoms with Crippen molar-refractivity contribution in [2.75, 3.05) is 7.05 Å². The van der Waals surface area contributed by atoms with Crippen molar-refractivity contribution in [3.8, 4) is 0 Å². The van der Waals surface area contributed by atoms with Crippen LogP contribution < -0.4 is 5.73 Å². The minimum Gasteiger partial charge on any atom is -0.384 e. The van der Waals surface area contributed by atoms with Crippen LogP contribution in [0.25, 0.3) is 0 Å². The fourth-order valence-corrected chi connectivity index (χ4v) is 1.41. The molecule has 2 N–H and O–H groups in total. The summed E-state index contributed by atoms with van der Waals surface area (Å²) in [5, 5.41) is 0. The molecule has 1 aromatic carbocycles. The third kappa shape index (κ3) is 2.87. The molecule has 1 rings (SSSR count). The summed E-state index contributed by atoms with van der Waals surface area (Å²) < 4.78 is 0. The normalized spacial score (nSPS) is 12.1. The molecule has 0 atom stereocenters. The van der Waals surface area contributed by atoms with E-state index in [-0.39, 0.29) is 0 Å². The summed E-state index contributed by atoms with van der Waals surface area (Å²) in [6.07, 6.45) is 1.11. The minimum absolute atomic E-state index is 0.598. The van der Waals surface area contributed by atoms with E-state index in [1.54, 1.807) is 7.05 Å². The Hall–Kier alpha value is -1.31. The second kappa shape index (κ2) is 4.80. The molecule has 1 aromatic rings. The molecule has 0 unspecified atom stereocenters. The van der Waals surface area contributed by atoms with Crippen molar-refractivity contribution in [3.63, 3.8) is 0 Å². The summed E-state index contributed by atoms with van der Waals surface area (Å²) in [4.78, 5) is 3.94. The van der Waals surface area contributed by atoms with Crippen LogP contribution in [0.5, 0.6) is 0 Å². The summed E-state index contributed by atoms with van der Waals surface area (Å²) in [6, 6.07) is 8.29. The second-order valence-electron chi connectivity index (χ2n) is 3.90. The standard InChI is InChI=1S/C12H18N2/c1-9(2)8-10-4-6-11(7-5-10)12(13)14-3/h4-7,9H,8H2,1-3H3,(H2,13,14). The fourth-order valence-electron chi connectivity index (χ4n) is 1.41. The molecule has 0 aromatic heterocycles. The van der Waals surface area contributed by atoms with Gasteiger partial charge in [-0.2, -0.15) is 0 Å². The van der Waals surface area contributed by atoms with Gasteiger partial charge in [0.2, 0.25) is 0 Å². The average Bonchev–Trinajstić information content (AvgIpc) is 2.17. The Morgan fingerprint density at radius 1 is 1.29 bits per heavy atom. The van der Waals surface area contributed by atoms with Crippen LogP contribution in [0.1, 0.15) is 25.0 Å². The van der Waals surface area contributed by atoms with Gasteiger partial charge in [-0.1, -0.05) is 38.1 Å². The van der Waals surface area contributed by atoms with Gasteiger partial charge in [-0.3, -0.25) is 4.99 Å². The molecule has 0 radical (unpaired) electrons. The molecule has 2 heteroatoms. The van der Waals surface area contributed by atoms with Gasteiger partial charge >= 0.3 is 0 Å². The van der Waals surface area contributed by atoms with Crippen LogP contribution >= 0.6 is 0 Å². The zero-order valence-corrected chi connectivity index (χ0v) is 9.12. The molecule has 2 nitrogen and oxygen atoms in total. The SMILES string of the molecule is CN=C(N)c1ccc(CC(C)C)cc1. The molecular formula is C12H18N2. The molecule has 14 heavy (non-hydrogen) atoms. The van der Waals surface area contributed by atoms with E-state index in [1.807, 2.05) is 12.1 Å². The van der Waals surface area contributed by atoms with Crippen molar-refractivity contribution in [1.29, 1.82) is 0 Å². The van der Waals surface area contributed by atoms with E-state index < -0.39 is 0 Å². The number of amidine groups is 1. The molecule has 0 amide bonds. The molecule has 0 bridgehead atoms. The summed E-state index contributed by atoms with van der Waals surface area (Å²) in [6.45, 7) is 4.44. The Kier molecular flexibility index (Phi) is 3.69. The van der Waals surface area contributed by atoms with Crippen LogP contribution in [0.3, 0.4) is 0 Å². The maximum Gasteiger partial charge on any atom is 0.125 e. The van der Waals surface area contributed by atoms with E-state index in [2.05, 4.69) is 31.0 Å². The summed E-state index contributed by atoms with van der Waals surface area (Å²) >= 11 is 0. The van der Waals surface area contributed by atoms with Gasteiger partial charge in [0.05, 0.1) is 0 Å². The van der Waals surface area contributed by atoms with E-state index in [9.17, 15) is 0 Å². The van der Waals surface area contributed by atoms with Crippen molar-refractivity contribution < 1.29 is 0 Å². The predicted octanol–water partition coefficient (Wildman–Crippen LogP) is 2.22. The van der Waals surface area contributed by atoms with Crippen LogP contribution in [0.2, 0.25) is 0 Å². The first kappa shape index (κ1) is 10.8. The molecule has 0 saturated carbocycles. The van der Waals surface area contributed by atoms with E-state index in [4.69, 9.17) is 5.73 Å². The number of nitrogens with two attached hydrogens (primary N) is 1.